The molecule has 2 aromatic heterocycles. The van der Waals surface area contributed by atoms with Gasteiger partial charge < -0.3 is 5.32 Å². The molecule has 1 N–H and O–H groups in total. The Hall–Kier alpha value is -2.66. The van der Waals surface area contributed by atoms with Crippen molar-refractivity contribution in [3.8, 4) is 5.69 Å². The number of carbonyl (C=O) groups excluding carboxylic acids is 1. The van der Waals surface area contributed by atoms with Crippen LogP contribution in [0.2, 0.25) is 5.02 Å². The standard InChI is InChI=1S/C20H21ClN4O/c1-13-17(20(2,3)4)24-25(14-8-6-5-7-9-14)18(13)23-19(26)15-10-11-22-12-16(15)21/h5-12H,1-4H3,(H,23,26). The topological polar surface area (TPSA) is 59.8 Å². The zero-order valence-electron chi connectivity index (χ0n) is 15.2. The second-order valence-corrected chi connectivity index (χ2v) is 7.54. The largest absolute Gasteiger partial charge is 0.306 e. The molecule has 5 nitrogen and oxygen atoms in total. The summed E-state index contributed by atoms with van der Waals surface area (Å²) in [6.45, 7) is 8.27. The molecule has 0 saturated heterocycles. The minimum Gasteiger partial charge on any atom is -0.306 e. The fourth-order valence-electron chi connectivity index (χ4n) is 2.85. The van der Waals surface area contributed by atoms with Crippen molar-refractivity contribution in [2.24, 2.45) is 0 Å². The zero-order chi connectivity index (χ0) is 18.9. The number of pyridine rings is 1. The van der Waals surface area contributed by atoms with Gasteiger partial charge in [-0.05, 0) is 25.1 Å². The van der Waals surface area contributed by atoms with Crippen LogP contribution in [-0.2, 0) is 5.41 Å². The minimum absolute atomic E-state index is 0.155. The summed E-state index contributed by atoms with van der Waals surface area (Å²) in [4.78, 5) is 16.7. The summed E-state index contributed by atoms with van der Waals surface area (Å²) < 4.78 is 1.77. The molecule has 26 heavy (non-hydrogen) atoms. The van der Waals surface area contributed by atoms with Crippen molar-refractivity contribution >= 4 is 23.3 Å². The van der Waals surface area contributed by atoms with Gasteiger partial charge in [0.15, 0.2) is 0 Å². The highest BCUT2D eigenvalue weighted by molar-refractivity contribution is 6.34. The molecule has 0 fully saturated rings. The molecule has 0 atom stereocenters. The third-order valence-electron chi connectivity index (χ3n) is 4.08. The van der Waals surface area contributed by atoms with E-state index < -0.39 is 0 Å². The second kappa shape index (κ2) is 6.92. The van der Waals surface area contributed by atoms with Gasteiger partial charge in [-0.15, -0.1) is 0 Å². The molecule has 0 unspecified atom stereocenters. The van der Waals surface area contributed by atoms with Gasteiger partial charge in [0.2, 0.25) is 0 Å². The van der Waals surface area contributed by atoms with Crippen LogP contribution >= 0.6 is 11.6 Å². The van der Waals surface area contributed by atoms with Crippen LogP contribution in [0.1, 0.15) is 42.4 Å². The Bertz CT molecular complexity index is 942. The van der Waals surface area contributed by atoms with Crippen LogP contribution in [0.5, 0.6) is 0 Å². The smallest absolute Gasteiger partial charge is 0.258 e. The van der Waals surface area contributed by atoms with E-state index >= 15 is 0 Å². The molecule has 0 aliphatic rings. The predicted molar refractivity (Wildman–Crippen MR) is 104 cm³/mol. The fourth-order valence-corrected chi connectivity index (χ4v) is 3.05. The lowest BCUT2D eigenvalue weighted by atomic mass is 9.90. The number of carbonyl (C=O) groups is 1. The Morgan fingerprint density at radius 3 is 2.46 bits per heavy atom. The van der Waals surface area contributed by atoms with E-state index in [1.54, 1.807) is 16.9 Å². The molecular formula is C20H21ClN4O. The third-order valence-corrected chi connectivity index (χ3v) is 4.38. The van der Waals surface area contributed by atoms with Crippen molar-refractivity contribution < 1.29 is 4.79 Å². The first-order chi connectivity index (χ1) is 12.3. The van der Waals surface area contributed by atoms with E-state index in [0.717, 1.165) is 16.9 Å². The third kappa shape index (κ3) is 3.48. The summed E-state index contributed by atoms with van der Waals surface area (Å²) in [5.41, 5.74) is 2.96. The van der Waals surface area contributed by atoms with Crippen LogP contribution < -0.4 is 5.32 Å². The lowest BCUT2D eigenvalue weighted by Crippen LogP contribution is -2.16. The highest BCUT2D eigenvalue weighted by atomic mass is 35.5. The lowest BCUT2D eigenvalue weighted by molar-refractivity contribution is 0.102. The summed E-state index contributed by atoms with van der Waals surface area (Å²) in [5.74, 6) is 0.344. The van der Waals surface area contributed by atoms with Crippen molar-refractivity contribution in [3.63, 3.8) is 0 Å². The number of hydrogen-bond donors (Lipinski definition) is 1. The van der Waals surface area contributed by atoms with Gasteiger partial charge in [-0.25, -0.2) is 4.68 Å². The van der Waals surface area contributed by atoms with Gasteiger partial charge in [0.1, 0.15) is 5.82 Å². The predicted octanol–water partition coefficient (Wildman–Crippen LogP) is 4.78. The summed E-state index contributed by atoms with van der Waals surface area (Å²) in [5, 5.41) is 8.06. The molecule has 0 spiro atoms. The first kappa shape index (κ1) is 18.1. The zero-order valence-corrected chi connectivity index (χ0v) is 16.0. The SMILES string of the molecule is Cc1c(C(C)(C)C)nn(-c2ccccc2)c1NC(=O)c1ccncc1Cl. The molecule has 3 aromatic rings. The minimum atomic E-state index is -0.293. The van der Waals surface area contributed by atoms with Gasteiger partial charge in [0.05, 0.1) is 22.0 Å². The van der Waals surface area contributed by atoms with Crippen molar-refractivity contribution in [3.05, 3.63) is 70.6 Å². The van der Waals surface area contributed by atoms with E-state index in [2.05, 4.69) is 31.1 Å². The van der Waals surface area contributed by atoms with Crippen molar-refractivity contribution in [1.82, 2.24) is 14.8 Å². The van der Waals surface area contributed by atoms with Gasteiger partial charge in [-0.3, -0.25) is 9.78 Å². The first-order valence-corrected chi connectivity index (χ1v) is 8.73. The maximum Gasteiger partial charge on any atom is 0.258 e. The number of para-hydroxylation sites is 1. The summed E-state index contributed by atoms with van der Waals surface area (Å²) in [6.07, 6.45) is 3.00. The Labute approximate surface area is 158 Å². The monoisotopic (exact) mass is 368 g/mol. The van der Waals surface area contributed by atoms with Crippen molar-refractivity contribution in [2.75, 3.05) is 5.32 Å². The maximum absolute atomic E-state index is 12.8. The van der Waals surface area contributed by atoms with E-state index in [9.17, 15) is 4.79 Å². The number of hydrogen-bond acceptors (Lipinski definition) is 3. The lowest BCUT2D eigenvalue weighted by Gasteiger charge is -2.16. The van der Waals surface area contributed by atoms with Gasteiger partial charge in [-0.1, -0.05) is 50.6 Å². The summed E-state index contributed by atoms with van der Waals surface area (Å²) in [6, 6.07) is 11.3. The van der Waals surface area contributed by atoms with E-state index in [0.29, 0.717) is 16.4 Å². The second-order valence-electron chi connectivity index (χ2n) is 7.13. The Morgan fingerprint density at radius 2 is 1.85 bits per heavy atom. The average molecular weight is 369 g/mol. The quantitative estimate of drug-likeness (QED) is 0.723. The fraction of sp³-hybridized carbons (Fsp3) is 0.250. The normalized spacial score (nSPS) is 11.4. The first-order valence-electron chi connectivity index (χ1n) is 8.35. The number of nitrogens with one attached hydrogen (secondary N) is 1. The van der Waals surface area contributed by atoms with E-state index in [1.165, 1.54) is 6.20 Å². The molecule has 0 bridgehead atoms. The van der Waals surface area contributed by atoms with Crippen LogP contribution in [0.15, 0.2) is 48.8 Å². The van der Waals surface area contributed by atoms with E-state index in [1.807, 2.05) is 37.3 Å². The molecule has 2 heterocycles. The number of halogens is 1. The number of anilines is 1. The van der Waals surface area contributed by atoms with Gasteiger partial charge in [0.25, 0.3) is 5.91 Å². The van der Waals surface area contributed by atoms with Crippen molar-refractivity contribution in [2.45, 2.75) is 33.1 Å². The van der Waals surface area contributed by atoms with Crippen molar-refractivity contribution in [1.29, 1.82) is 0 Å². The molecule has 0 aliphatic heterocycles. The molecule has 1 aromatic carbocycles. The molecule has 6 heteroatoms. The molecule has 3 rings (SSSR count). The number of amides is 1. The number of aromatic nitrogens is 3. The number of rotatable bonds is 3. The van der Waals surface area contributed by atoms with Gasteiger partial charge in [0, 0.05) is 23.4 Å². The number of nitrogens with zero attached hydrogens (tertiary/aromatic N) is 3. The summed E-state index contributed by atoms with van der Waals surface area (Å²) >= 11 is 6.11. The average Bonchev–Trinajstić information content (AvgIpc) is 2.93. The molecule has 0 saturated carbocycles. The highest BCUT2D eigenvalue weighted by Crippen LogP contribution is 2.31. The molecule has 134 valence electrons. The van der Waals surface area contributed by atoms with E-state index in [4.69, 9.17) is 16.7 Å². The van der Waals surface area contributed by atoms with Crippen LogP contribution in [-0.4, -0.2) is 20.7 Å². The van der Waals surface area contributed by atoms with Crippen LogP contribution in [0.4, 0.5) is 5.82 Å². The van der Waals surface area contributed by atoms with E-state index in [-0.39, 0.29) is 11.3 Å². The van der Waals surface area contributed by atoms with Crippen LogP contribution in [0.3, 0.4) is 0 Å². The Kier molecular flexibility index (Phi) is 4.83. The molecule has 0 aliphatic carbocycles. The van der Waals surface area contributed by atoms with Crippen LogP contribution in [0.25, 0.3) is 5.69 Å². The number of benzene rings is 1. The van der Waals surface area contributed by atoms with Gasteiger partial charge in [-0.2, -0.15) is 5.10 Å². The summed E-state index contributed by atoms with van der Waals surface area (Å²) in [7, 11) is 0. The molecular weight excluding hydrogens is 348 g/mol. The van der Waals surface area contributed by atoms with Crippen LogP contribution in [0, 0.1) is 6.92 Å². The Balaban J connectivity index is 2.09. The van der Waals surface area contributed by atoms with Gasteiger partial charge >= 0.3 is 0 Å². The maximum atomic E-state index is 12.8. The highest BCUT2D eigenvalue weighted by Gasteiger charge is 2.26. The molecule has 0 radical (unpaired) electrons. The molecule has 1 amide bonds. The Morgan fingerprint density at radius 1 is 1.15 bits per heavy atom.